The molecule has 0 rings (SSSR count). The summed E-state index contributed by atoms with van der Waals surface area (Å²) >= 11 is -3.82. The first-order chi connectivity index (χ1) is 24.0. The van der Waals surface area contributed by atoms with E-state index in [4.69, 9.17) is 6.15 Å². The number of hydrogen-bond acceptors (Lipinski definition) is 4. The van der Waals surface area contributed by atoms with E-state index in [1.165, 1.54) is 141 Å². The number of carbonyl (C=O) groups is 2. The number of carbonyl (C=O) groups excluding carboxylic acids is 2. The number of rotatable bonds is 38. The normalized spacial score (nSPS) is 12.0. The molecule has 0 aliphatic heterocycles. The molecule has 0 atom stereocenters. The molecule has 0 amide bonds. The van der Waals surface area contributed by atoms with Crippen LogP contribution in [0.25, 0.3) is 0 Å². The third kappa shape index (κ3) is 34.1. The molecule has 0 N–H and O–H groups in total. The fourth-order valence-corrected chi connectivity index (χ4v) is 16.5. The SMILES string of the molecule is CCCCCCCCC=CCCCCCCCC(=O)[O][Sn]([CH2]CCC)([CH2]CCC)[O]C(=O)CCCCCCC/C=C\CCCCCCCC. The quantitative estimate of drug-likeness (QED) is 0.0355. The summed E-state index contributed by atoms with van der Waals surface area (Å²) in [4.78, 5) is 26.1. The Morgan fingerprint density at radius 2 is 0.633 bits per heavy atom. The van der Waals surface area contributed by atoms with Crippen LogP contribution in [0.3, 0.4) is 0 Å². The van der Waals surface area contributed by atoms with Crippen molar-refractivity contribution in [2.45, 2.75) is 242 Å². The van der Waals surface area contributed by atoms with Crippen LogP contribution in [0.2, 0.25) is 8.87 Å². The predicted octanol–water partition coefficient (Wildman–Crippen LogP) is 15.2. The Hall–Kier alpha value is -0.781. The Morgan fingerprint density at radius 3 is 0.939 bits per heavy atom. The van der Waals surface area contributed by atoms with Crippen LogP contribution >= 0.6 is 0 Å². The van der Waals surface area contributed by atoms with E-state index in [1.807, 2.05) is 0 Å². The molecule has 0 aliphatic carbocycles. The molecule has 0 aromatic heterocycles. The molecule has 0 aliphatic rings. The van der Waals surface area contributed by atoms with Crippen molar-refractivity contribution in [2.75, 3.05) is 0 Å². The maximum absolute atomic E-state index is 13.0. The van der Waals surface area contributed by atoms with Gasteiger partial charge in [-0.15, -0.1) is 0 Å². The Morgan fingerprint density at radius 1 is 0.367 bits per heavy atom. The summed E-state index contributed by atoms with van der Waals surface area (Å²) in [5.74, 6) is -0.232. The monoisotopic (exact) mass is 797 g/mol. The molecule has 0 bridgehead atoms. The first-order valence-electron chi connectivity index (χ1n) is 21.8. The average Bonchev–Trinajstić information content (AvgIpc) is 3.09. The smallest absolute Gasteiger partial charge is 0.0654 e. The summed E-state index contributed by atoms with van der Waals surface area (Å²) in [5.41, 5.74) is 0. The van der Waals surface area contributed by atoms with Crippen molar-refractivity contribution in [3.8, 4) is 0 Å². The van der Waals surface area contributed by atoms with Crippen LogP contribution in [0.1, 0.15) is 233 Å². The van der Waals surface area contributed by atoms with Gasteiger partial charge in [0.1, 0.15) is 0 Å². The molecule has 0 unspecified atom stereocenters. The molecule has 5 heteroatoms. The molecule has 49 heavy (non-hydrogen) atoms. The van der Waals surface area contributed by atoms with E-state index in [9.17, 15) is 9.59 Å². The van der Waals surface area contributed by atoms with Crippen LogP contribution in [-0.2, 0) is 15.7 Å². The van der Waals surface area contributed by atoms with Crippen LogP contribution in [0.4, 0.5) is 0 Å². The minimum Gasteiger partial charge on any atom is -0.0654 e. The molecule has 0 heterocycles. The molecule has 0 aromatic carbocycles. The van der Waals surface area contributed by atoms with E-state index in [-0.39, 0.29) is 11.9 Å². The van der Waals surface area contributed by atoms with E-state index in [0.717, 1.165) is 60.2 Å². The second kappa shape index (κ2) is 38.4. The van der Waals surface area contributed by atoms with E-state index < -0.39 is 19.2 Å². The van der Waals surface area contributed by atoms with Gasteiger partial charge in [-0.05, 0) is 12.8 Å². The van der Waals surface area contributed by atoms with Crippen LogP contribution in [0, 0.1) is 0 Å². The minimum absolute atomic E-state index is 0.116. The summed E-state index contributed by atoms with van der Waals surface area (Å²) in [7, 11) is 0. The van der Waals surface area contributed by atoms with Crippen molar-refractivity contribution in [3.05, 3.63) is 24.3 Å². The van der Waals surface area contributed by atoms with E-state index in [1.54, 1.807) is 0 Å². The molecule has 0 saturated heterocycles. The van der Waals surface area contributed by atoms with Crippen LogP contribution < -0.4 is 0 Å². The molecule has 0 fully saturated rings. The zero-order valence-corrected chi connectivity index (χ0v) is 36.3. The van der Waals surface area contributed by atoms with Gasteiger partial charge in [-0.2, -0.15) is 0 Å². The Balaban J connectivity index is 4.27. The molecule has 0 radical (unpaired) electrons. The summed E-state index contributed by atoms with van der Waals surface area (Å²) in [6, 6.07) is 0. The first-order valence-corrected chi connectivity index (χ1v) is 28.1. The number of hydrogen-bond donors (Lipinski definition) is 0. The van der Waals surface area contributed by atoms with Gasteiger partial charge in [0.15, 0.2) is 0 Å². The second-order valence-corrected chi connectivity index (χ2v) is 24.0. The van der Waals surface area contributed by atoms with Gasteiger partial charge in [0, 0.05) is 0 Å². The summed E-state index contributed by atoms with van der Waals surface area (Å²) in [5, 5.41) is 0. The van der Waals surface area contributed by atoms with Crippen molar-refractivity contribution in [2.24, 2.45) is 0 Å². The molecule has 288 valence electrons. The Bertz CT molecular complexity index is 713. The number of allylic oxidation sites excluding steroid dienone is 4. The molecular weight excluding hydrogens is 711 g/mol. The molecule has 0 aromatic rings. The van der Waals surface area contributed by atoms with Crippen LogP contribution in [0.15, 0.2) is 24.3 Å². The minimum atomic E-state index is -3.82. The van der Waals surface area contributed by atoms with Gasteiger partial charge < -0.3 is 0 Å². The maximum atomic E-state index is 13.0. The van der Waals surface area contributed by atoms with Gasteiger partial charge in [0.05, 0.1) is 0 Å². The predicted molar refractivity (Wildman–Crippen MR) is 216 cm³/mol. The second-order valence-electron chi connectivity index (χ2n) is 14.7. The van der Waals surface area contributed by atoms with Crippen molar-refractivity contribution in [1.29, 1.82) is 0 Å². The van der Waals surface area contributed by atoms with E-state index in [0.29, 0.717) is 12.8 Å². The topological polar surface area (TPSA) is 52.6 Å². The van der Waals surface area contributed by atoms with E-state index in [2.05, 4.69) is 52.0 Å². The van der Waals surface area contributed by atoms with Crippen molar-refractivity contribution >= 4 is 31.1 Å². The Labute approximate surface area is 311 Å². The fraction of sp³-hybridized carbons (Fsp3) is 0.864. The van der Waals surface area contributed by atoms with E-state index >= 15 is 0 Å². The van der Waals surface area contributed by atoms with Crippen molar-refractivity contribution in [1.82, 2.24) is 0 Å². The summed E-state index contributed by atoms with van der Waals surface area (Å²) < 4.78 is 14.2. The molecule has 0 spiro atoms. The third-order valence-corrected chi connectivity index (χ3v) is 19.5. The van der Waals surface area contributed by atoms with Crippen LogP contribution in [-0.4, -0.2) is 31.1 Å². The molecule has 0 saturated carbocycles. The van der Waals surface area contributed by atoms with Gasteiger partial charge in [0.2, 0.25) is 0 Å². The van der Waals surface area contributed by atoms with Gasteiger partial charge >= 0.3 is 222 Å². The van der Waals surface area contributed by atoms with Gasteiger partial charge in [-0.25, -0.2) is 0 Å². The Kier molecular flexibility index (Phi) is 37.8. The first kappa shape index (κ1) is 48.2. The third-order valence-electron chi connectivity index (χ3n) is 9.71. The van der Waals surface area contributed by atoms with Crippen molar-refractivity contribution < 1.29 is 15.7 Å². The number of unbranched alkanes of at least 4 members (excludes halogenated alkanes) is 24. The van der Waals surface area contributed by atoms with Gasteiger partial charge in [-0.3, -0.25) is 0 Å². The van der Waals surface area contributed by atoms with Gasteiger partial charge in [-0.1, -0.05) is 78.1 Å². The molecule has 4 nitrogen and oxygen atoms in total. The van der Waals surface area contributed by atoms with Crippen molar-refractivity contribution in [3.63, 3.8) is 0 Å². The zero-order valence-electron chi connectivity index (χ0n) is 33.5. The zero-order chi connectivity index (χ0) is 35.9. The van der Waals surface area contributed by atoms with Crippen LogP contribution in [0.5, 0.6) is 0 Å². The van der Waals surface area contributed by atoms with Gasteiger partial charge in [0.25, 0.3) is 0 Å². The summed E-state index contributed by atoms with van der Waals surface area (Å²) in [6.07, 6.45) is 46.7. The summed E-state index contributed by atoms with van der Waals surface area (Å²) in [6.45, 7) is 8.87. The molecular formula is C44H84O4Sn. The fourth-order valence-electron chi connectivity index (χ4n) is 6.44. The standard InChI is InChI=1S/2C18H34O2.2C4H9.Sn/c2*1-2-3-4-5-6-7-8-9-10-11-12-13-14-15-16-17-18(19)20;2*1-3-4-2;/h2*9-10H,2-8,11-17H2,1H3,(H,19,20);2*1,3-4H2,2H3;/q;;;;+2/p-2/b10-9-;;;;. The average molecular weight is 796 g/mol.